The Labute approximate surface area is 129 Å². The lowest BCUT2D eigenvalue weighted by molar-refractivity contribution is -0.123. The van der Waals surface area contributed by atoms with Crippen molar-refractivity contribution in [2.45, 2.75) is 25.3 Å². The molecule has 1 aliphatic rings. The minimum Gasteiger partial charge on any atom is -0.346 e. The Kier molecular flexibility index (Phi) is 4.19. The quantitative estimate of drug-likeness (QED) is 0.892. The molecule has 0 saturated heterocycles. The van der Waals surface area contributed by atoms with Crippen molar-refractivity contribution in [1.82, 2.24) is 14.9 Å². The van der Waals surface area contributed by atoms with Gasteiger partial charge in [0.25, 0.3) is 0 Å². The van der Waals surface area contributed by atoms with E-state index >= 15 is 0 Å². The van der Waals surface area contributed by atoms with Crippen LogP contribution in [0.25, 0.3) is 11.0 Å². The molecule has 1 fully saturated rings. The molecule has 5 heteroatoms. The van der Waals surface area contributed by atoms with Gasteiger partial charge in [-0.1, -0.05) is 12.1 Å². The van der Waals surface area contributed by atoms with E-state index in [-0.39, 0.29) is 17.9 Å². The summed E-state index contributed by atoms with van der Waals surface area (Å²) in [5.41, 5.74) is 2.10. The SMILES string of the molecule is CSCCC(NC(=O)C1CC1)c1nc2ccccc2n1C. The van der Waals surface area contributed by atoms with Gasteiger partial charge in [-0.2, -0.15) is 11.8 Å². The van der Waals surface area contributed by atoms with Crippen molar-refractivity contribution in [1.29, 1.82) is 0 Å². The molecule has 1 amide bonds. The van der Waals surface area contributed by atoms with Gasteiger partial charge in [0.15, 0.2) is 0 Å². The highest BCUT2D eigenvalue weighted by Crippen LogP contribution is 2.31. The Morgan fingerprint density at radius 1 is 1.48 bits per heavy atom. The molecule has 1 aromatic heterocycles. The maximum Gasteiger partial charge on any atom is 0.223 e. The summed E-state index contributed by atoms with van der Waals surface area (Å²) in [6.45, 7) is 0. The number of rotatable bonds is 6. The third-order valence-corrected chi connectivity index (χ3v) is 4.65. The monoisotopic (exact) mass is 303 g/mol. The Bertz CT molecular complexity index is 648. The lowest BCUT2D eigenvalue weighted by Gasteiger charge is -2.18. The third-order valence-electron chi connectivity index (χ3n) is 4.01. The van der Waals surface area contributed by atoms with Crippen molar-refractivity contribution in [3.05, 3.63) is 30.1 Å². The second kappa shape index (κ2) is 6.10. The van der Waals surface area contributed by atoms with Crippen molar-refractivity contribution < 1.29 is 4.79 Å². The topological polar surface area (TPSA) is 46.9 Å². The van der Waals surface area contributed by atoms with Crippen molar-refractivity contribution in [2.24, 2.45) is 13.0 Å². The Balaban J connectivity index is 1.88. The first-order valence-electron chi connectivity index (χ1n) is 7.41. The van der Waals surface area contributed by atoms with Crippen LogP contribution in [0.1, 0.15) is 31.1 Å². The second-order valence-corrected chi connectivity index (χ2v) is 6.62. The van der Waals surface area contributed by atoms with Gasteiger partial charge in [-0.05, 0) is 43.4 Å². The maximum absolute atomic E-state index is 12.1. The molecule has 4 nitrogen and oxygen atoms in total. The van der Waals surface area contributed by atoms with Crippen LogP contribution in [-0.4, -0.2) is 27.5 Å². The fraction of sp³-hybridized carbons (Fsp3) is 0.500. The first kappa shape index (κ1) is 14.4. The fourth-order valence-electron chi connectivity index (χ4n) is 2.61. The molecule has 0 radical (unpaired) electrons. The molecule has 1 aromatic carbocycles. The predicted molar refractivity (Wildman–Crippen MR) is 87.3 cm³/mol. The number of hydrogen-bond acceptors (Lipinski definition) is 3. The van der Waals surface area contributed by atoms with Crippen LogP contribution in [0, 0.1) is 5.92 Å². The number of nitrogens with one attached hydrogen (secondary N) is 1. The van der Waals surface area contributed by atoms with E-state index in [1.165, 1.54) is 0 Å². The van der Waals surface area contributed by atoms with Gasteiger partial charge in [0.05, 0.1) is 17.1 Å². The number of thioether (sulfide) groups is 1. The smallest absolute Gasteiger partial charge is 0.223 e. The minimum atomic E-state index is 0.00273. The molecule has 1 heterocycles. The molecular weight excluding hydrogens is 282 g/mol. The molecule has 1 N–H and O–H groups in total. The zero-order valence-corrected chi connectivity index (χ0v) is 13.3. The van der Waals surface area contributed by atoms with E-state index in [0.29, 0.717) is 0 Å². The summed E-state index contributed by atoms with van der Waals surface area (Å²) >= 11 is 1.80. The van der Waals surface area contributed by atoms with Crippen LogP contribution in [0.15, 0.2) is 24.3 Å². The average Bonchev–Trinajstić information content (AvgIpc) is 3.29. The number of fused-ring (bicyclic) bond motifs is 1. The number of carbonyl (C=O) groups is 1. The zero-order chi connectivity index (χ0) is 14.8. The summed E-state index contributed by atoms with van der Waals surface area (Å²) in [5.74, 6) is 2.39. The lowest BCUT2D eigenvalue weighted by Crippen LogP contribution is -2.31. The summed E-state index contributed by atoms with van der Waals surface area (Å²) in [7, 11) is 2.03. The van der Waals surface area contributed by atoms with Gasteiger partial charge in [0, 0.05) is 13.0 Å². The number of nitrogens with zero attached hydrogens (tertiary/aromatic N) is 2. The summed E-state index contributed by atoms with van der Waals surface area (Å²) in [5, 5.41) is 3.20. The van der Waals surface area contributed by atoms with E-state index in [1.807, 2.05) is 25.2 Å². The largest absolute Gasteiger partial charge is 0.346 e. The van der Waals surface area contributed by atoms with Crippen molar-refractivity contribution in [3.63, 3.8) is 0 Å². The number of hydrogen-bond donors (Lipinski definition) is 1. The number of aryl methyl sites for hydroxylation is 1. The third kappa shape index (κ3) is 3.07. The molecule has 2 aromatic rings. The number of benzene rings is 1. The van der Waals surface area contributed by atoms with Gasteiger partial charge < -0.3 is 9.88 Å². The molecule has 21 heavy (non-hydrogen) atoms. The highest BCUT2D eigenvalue weighted by molar-refractivity contribution is 7.98. The van der Waals surface area contributed by atoms with Crippen molar-refractivity contribution >= 4 is 28.7 Å². The highest BCUT2D eigenvalue weighted by Gasteiger charge is 2.32. The van der Waals surface area contributed by atoms with E-state index in [9.17, 15) is 4.79 Å². The summed E-state index contributed by atoms with van der Waals surface area (Å²) in [6.07, 6.45) is 5.07. The van der Waals surface area contributed by atoms with Crippen molar-refractivity contribution in [3.8, 4) is 0 Å². The van der Waals surface area contributed by atoms with Gasteiger partial charge in [-0.15, -0.1) is 0 Å². The first-order chi connectivity index (χ1) is 10.2. The zero-order valence-electron chi connectivity index (χ0n) is 12.5. The molecule has 0 bridgehead atoms. The molecule has 1 aliphatic carbocycles. The predicted octanol–water partition coefficient (Wildman–Crippen LogP) is 2.89. The number of imidazole rings is 1. The van der Waals surface area contributed by atoms with Gasteiger partial charge in [-0.25, -0.2) is 4.98 Å². The maximum atomic E-state index is 12.1. The second-order valence-electron chi connectivity index (χ2n) is 5.63. The minimum absolute atomic E-state index is 0.00273. The number of amides is 1. The van der Waals surface area contributed by atoms with Crippen LogP contribution in [0.4, 0.5) is 0 Å². The van der Waals surface area contributed by atoms with E-state index < -0.39 is 0 Å². The van der Waals surface area contributed by atoms with Crippen LogP contribution in [0.5, 0.6) is 0 Å². The molecule has 0 aliphatic heterocycles. The number of carbonyl (C=O) groups excluding carboxylic acids is 1. The Morgan fingerprint density at radius 3 is 2.90 bits per heavy atom. The number of aromatic nitrogens is 2. The van der Waals surface area contributed by atoms with Gasteiger partial charge in [0.1, 0.15) is 5.82 Å². The highest BCUT2D eigenvalue weighted by atomic mass is 32.2. The molecule has 112 valence electrons. The van der Waals surface area contributed by atoms with Crippen molar-refractivity contribution in [2.75, 3.05) is 12.0 Å². The van der Waals surface area contributed by atoms with E-state index in [0.717, 1.165) is 41.9 Å². The van der Waals surface area contributed by atoms with E-state index in [1.54, 1.807) is 11.8 Å². The molecule has 0 spiro atoms. The van der Waals surface area contributed by atoms with Crippen LogP contribution < -0.4 is 5.32 Å². The standard InChI is InChI=1S/C16H21N3OS/c1-19-14-6-4-3-5-12(14)17-15(19)13(9-10-21-2)18-16(20)11-7-8-11/h3-6,11,13H,7-10H2,1-2H3,(H,18,20). The lowest BCUT2D eigenvalue weighted by atomic mass is 10.2. The first-order valence-corrected chi connectivity index (χ1v) is 8.80. The van der Waals surface area contributed by atoms with Crippen LogP contribution in [0.3, 0.4) is 0 Å². The molecule has 3 rings (SSSR count). The normalized spacial score (nSPS) is 16.1. The van der Waals surface area contributed by atoms with E-state index in [2.05, 4.69) is 22.2 Å². The van der Waals surface area contributed by atoms with Crippen LogP contribution in [0.2, 0.25) is 0 Å². The van der Waals surface area contributed by atoms with Crippen LogP contribution in [-0.2, 0) is 11.8 Å². The molecular formula is C16H21N3OS. The Hall–Kier alpha value is -1.49. The number of para-hydroxylation sites is 2. The molecule has 1 saturated carbocycles. The van der Waals surface area contributed by atoms with Gasteiger partial charge >= 0.3 is 0 Å². The van der Waals surface area contributed by atoms with Gasteiger partial charge in [-0.3, -0.25) is 4.79 Å². The van der Waals surface area contributed by atoms with Gasteiger partial charge in [0.2, 0.25) is 5.91 Å². The fourth-order valence-corrected chi connectivity index (χ4v) is 3.08. The summed E-state index contributed by atoms with van der Waals surface area (Å²) in [6, 6.07) is 8.11. The average molecular weight is 303 g/mol. The summed E-state index contributed by atoms with van der Waals surface area (Å²) < 4.78 is 2.10. The Morgan fingerprint density at radius 2 is 2.24 bits per heavy atom. The molecule has 1 unspecified atom stereocenters. The summed E-state index contributed by atoms with van der Waals surface area (Å²) in [4.78, 5) is 16.9. The van der Waals surface area contributed by atoms with E-state index in [4.69, 9.17) is 4.98 Å². The van der Waals surface area contributed by atoms with Crippen LogP contribution >= 0.6 is 11.8 Å². The molecule has 1 atom stereocenters.